The summed E-state index contributed by atoms with van der Waals surface area (Å²) in [6.45, 7) is 12.2. The van der Waals surface area contributed by atoms with E-state index in [0.29, 0.717) is 0 Å². The van der Waals surface area contributed by atoms with Crippen LogP contribution >= 0.6 is 12.6 Å². The van der Waals surface area contributed by atoms with E-state index in [4.69, 9.17) is 0 Å². The first-order valence-corrected chi connectivity index (χ1v) is 6.91. The van der Waals surface area contributed by atoms with Crippen molar-refractivity contribution in [3.05, 3.63) is 0 Å². The maximum Gasteiger partial charge on any atom is 0.0110 e. The zero-order valence-corrected chi connectivity index (χ0v) is 11.2. The number of rotatable bonds is 6. The summed E-state index contributed by atoms with van der Waals surface area (Å²) < 4.78 is 0. The Bertz CT molecular complexity index is 154. The third kappa shape index (κ3) is 5.79. The van der Waals surface area contributed by atoms with Crippen LogP contribution < -0.4 is 0 Å². The normalized spacial score (nSPS) is 20.0. The number of nitrogens with zero attached hydrogens (tertiary/aromatic N) is 2. The summed E-state index contributed by atoms with van der Waals surface area (Å²) in [5, 5.41) is 0. The summed E-state index contributed by atoms with van der Waals surface area (Å²) in [5.41, 5.74) is 0. The largest absolute Gasteiger partial charge is 0.301 e. The van der Waals surface area contributed by atoms with Crippen LogP contribution in [0.15, 0.2) is 0 Å². The van der Waals surface area contributed by atoms with Crippen molar-refractivity contribution >= 4 is 12.6 Å². The summed E-state index contributed by atoms with van der Waals surface area (Å²) in [7, 11) is 0. The van der Waals surface area contributed by atoms with Gasteiger partial charge < -0.3 is 9.80 Å². The van der Waals surface area contributed by atoms with Gasteiger partial charge in [0.25, 0.3) is 0 Å². The zero-order chi connectivity index (χ0) is 11.1. The number of hydrogen-bond acceptors (Lipinski definition) is 3. The van der Waals surface area contributed by atoms with E-state index < -0.39 is 0 Å². The van der Waals surface area contributed by atoms with E-state index >= 15 is 0 Å². The average molecular weight is 230 g/mol. The van der Waals surface area contributed by atoms with Crippen molar-refractivity contribution in [2.75, 3.05) is 45.0 Å². The van der Waals surface area contributed by atoms with Gasteiger partial charge in [-0.15, -0.1) is 0 Å². The molecule has 1 aliphatic heterocycles. The van der Waals surface area contributed by atoms with Crippen LogP contribution in [0.3, 0.4) is 0 Å². The van der Waals surface area contributed by atoms with Crippen LogP contribution in [0.2, 0.25) is 0 Å². The van der Waals surface area contributed by atoms with Crippen molar-refractivity contribution in [3.63, 3.8) is 0 Å². The van der Waals surface area contributed by atoms with Crippen molar-refractivity contribution in [2.24, 2.45) is 5.92 Å². The van der Waals surface area contributed by atoms with Crippen LogP contribution in [-0.2, 0) is 0 Å². The fraction of sp³-hybridized carbons (Fsp3) is 1.00. The molecule has 1 heterocycles. The van der Waals surface area contributed by atoms with E-state index in [1.165, 1.54) is 52.1 Å². The van der Waals surface area contributed by atoms with Crippen LogP contribution in [0.5, 0.6) is 0 Å². The van der Waals surface area contributed by atoms with Gasteiger partial charge in [-0.1, -0.05) is 13.8 Å². The van der Waals surface area contributed by atoms with E-state index in [1.807, 2.05) is 0 Å². The minimum atomic E-state index is 0.840. The Morgan fingerprint density at radius 2 is 1.53 bits per heavy atom. The Kier molecular flexibility index (Phi) is 6.69. The Morgan fingerprint density at radius 3 is 2.00 bits per heavy atom. The van der Waals surface area contributed by atoms with Gasteiger partial charge in [0.15, 0.2) is 0 Å². The van der Waals surface area contributed by atoms with Gasteiger partial charge in [-0.25, -0.2) is 0 Å². The maximum absolute atomic E-state index is 4.26. The molecule has 1 aliphatic rings. The molecule has 0 spiro atoms. The molecule has 0 bridgehead atoms. The molecule has 1 rings (SSSR count). The van der Waals surface area contributed by atoms with Crippen LogP contribution in [-0.4, -0.2) is 54.8 Å². The van der Waals surface area contributed by atoms with Crippen LogP contribution in [0.4, 0.5) is 0 Å². The van der Waals surface area contributed by atoms with E-state index in [9.17, 15) is 0 Å². The molecule has 0 N–H and O–H groups in total. The highest BCUT2D eigenvalue weighted by Crippen LogP contribution is 2.06. The molecule has 0 aliphatic carbocycles. The summed E-state index contributed by atoms with van der Waals surface area (Å²) in [6, 6.07) is 0. The summed E-state index contributed by atoms with van der Waals surface area (Å²) in [4.78, 5) is 5.18. The monoisotopic (exact) mass is 230 g/mol. The fourth-order valence-corrected chi connectivity index (χ4v) is 2.11. The second-order valence-corrected chi connectivity index (χ2v) is 5.39. The number of thiol groups is 1. The van der Waals surface area contributed by atoms with Gasteiger partial charge in [0.1, 0.15) is 0 Å². The lowest BCUT2D eigenvalue weighted by Crippen LogP contribution is -2.46. The first-order chi connectivity index (χ1) is 7.22. The van der Waals surface area contributed by atoms with E-state index in [-0.39, 0.29) is 0 Å². The molecule has 1 saturated heterocycles. The molecule has 0 amide bonds. The number of hydrogen-bond donors (Lipinski definition) is 1. The molecule has 0 aromatic carbocycles. The molecule has 1 fully saturated rings. The molecule has 0 aromatic heterocycles. The van der Waals surface area contributed by atoms with Crippen LogP contribution in [0, 0.1) is 5.92 Å². The fourth-order valence-electron chi connectivity index (χ4n) is 1.97. The molecular formula is C12H26N2S. The van der Waals surface area contributed by atoms with E-state index in [2.05, 4.69) is 36.3 Å². The van der Waals surface area contributed by atoms with Gasteiger partial charge in [-0.2, -0.15) is 12.6 Å². The predicted molar refractivity (Wildman–Crippen MR) is 70.8 cm³/mol. The molecule has 0 aromatic rings. The Hall–Kier alpha value is 0.270. The topological polar surface area (TPSA) is 6.48 Å². The van der Waals surface area contributed by atoms with Crippen molar-refractivity contribution < 1.29 is 0 Å². The van der Waals surface area contributed by atoms with Gasteiger partial charge in [0.2, 0.25) is 0 Å². The highest BCUT2D eigenvalue weighted by molar-refractivity contribution is 7.80. The Morgan fingerprint density at radius 1 is 1.00 bits per heavy atom. The average Bonchev–Trinajstić information content (AvgIpc) is 2.25. The molecule has 3 heteroatoms. The predicted octanol–water partition coefficient (Wildman–Crippen LogP) is 1.97. The van der Waals surface area contributed by atoms with Gasteiger partial charge >= 0.3 is 0 Å². The second-order valence-electron chi connectivity index (χ2n) is 4.94. The van der Waals surface area contributed by atoms with Crippen molar-refractivity contribution in [3.8, 4) is 0 Å². The highest BCUT2D eigenvalue weighted by Gasteiger charge is 2.15. The smallest absolute Gasteiger partial charge is 0.0110 e. The van der Waals surface area contributed by atoms with E-state index in [0.717, 1.165) is 11.7 Å². The molecule has 2 nitrogen and oxygen atoms in total. The molecule has 0 radical (unpaired) electrons. The summed E-state index contributed by atoms with van der Waals surface area (Å²) in [6.07, 6.45) is 2.58. The van der Waals surface area contributed by atoms with E-state index in [1.54, 1.807) is 0 Å². The number of piperazine rings is 1. The summed E-state index contributed by atoms with van der Waals surface area (Å²) in [5.74, 6) is 1.86. The standard InChI is InChI=1S/C12H26N2S/c1-12(2)4-6-14-9-7-13(8-10-14)5-3-11-15/h12,15H,3-11H2,1-2H3. The van der Waals surface area contributed by atoms with Crippen molar-refractivity contribution in [1.82, 2.24) is 9.80 Å². The molecule has 0 unspecified atom stereocenters. The molecular weight excluding hydrogens is 204 g/mol. The Balaban J connectivity index is 2.07. The lowest BCUT2D eigenvalue weighted by molar-refractivity contribution is 0.128. The first kappa shape index (κ1) is 13.3. The molecule has 90 valence electrons. The van der Waals surface area contributed by atoms with Gasteiger partial charge in [-0.05, 0) is 37.6 Å². The third-order valence-corrected chi connectivity index (χ3v) is 3.44. The lowest BCUT2D eigenvalue weighted by atomic mass is 10.1. The summed E-state index contributed by atoms with van der Waals surface area (Å²) >= 11 is 4.26. The van der Waals surface area contributed by atoms with Crippen molar-refractivity contribution in [1.29, 1.82) is 0 Å². The second kappa shape index (κ2) is 7.53. The van der Waals surface area contributed by atoms with Gasteiger partial charge in [0.05, 0.1) is 0 Å². The zero-order valence-electron chi connectivity index (χ0n) is 10.3. The van der Waals surface area contributed by atoms with Gasteiger partial charge in [-0.3, -0.25) is 0 Å². The van der Waals surface area contributed by atoms with Crippen LogP contribution in [0.25, 0.3) is 0 Å². The SMILES string of the molecule is CC(C)CCN1CCN(CCCS)CC1. The molecule has 0 saturated carbocycles. The highest BCUT2D eigenvalue weighted by atomic mass is 32.1. The minimum absolute atomic E-state index is 0.840. The quantitative estimate of drug-likeness (QED) is 0.697. The maximum atomic E-state index is 4.26. The van der Waals surface area contributed by atoms with Gasteiger partial charge in [0, 0.05) is 26.2 Å². The Labute approximate surface area is 100 Å². The third-order valence-electron chi connectivity index (χ3n) is 3.12. The molecule has 15 heavy (non-hydrogen) atoms. The van der Waals surface area contributed by atoms with Crippen LogP contribution in [0.1, 0.15) is 26.7 Å². The minimum Gasteiger partial charge on any atom is -0.301 e. The molecule has 0 atom stereocenters. The lowest BCUT2D eigenvalue weighted by Gasteiger charge is -2.34. The first-order valence-electron chi connectivity index (χ1n) is 6.28. The van der Waals surface area contributed by atoms with Crippen molar-refractivity contribution in [2.45, 2.75) is 26.7 Å².